The second kappa shape index (κ2) is 7.98. The van der Waals surface area contributed by atoms with Gasteiger partial charge in [-0.2, -0.15) is 4.98 Å². The van der Waals surface area contributed by atoms with Crippen LogP contribution in [0.15, 0.2) is 4.52 Å². The number of hydrogen-bond donors (Lipinski definition) is 1. The average molecular weight is 366 g/mol. The molecule has 1 saturated heterocycles. The van der Waals surface area contributed by atoms with E-state index >= 15 is 0 Å². The summed E-state index contributed by atoms with van der Waals surface area (Å²) in [4.78, 5) is 18.2. The Morgan fingerprint density at radius 3 is 2.96 bits per heavy atom. The molecule has 0 aliphatic carbocycles. The van der Waals surface area contributed by atoms with E-state index in [2.05, 4.69) is 25.7 Å². The Kier molecular flexibility index (Phi) is 5.71. The molecule has 0 bridgehead atoms. The fourth-order valence-corrected chi connectivity index (χ4v) is 3.29. The number of rotatable bonds is 7. The standard InChI is InChI=1S/C15H22N6O3S/c1-9(2)13-17-12(24-20-13)8-21(3)7-11(22)16-15-19-18-14(25-15)10-5-4-6-23-10/h9-10H,4-8H2,1-3H3,(H,16,19,22)/t10-/m0/s1. The second-order valence-corrected chi connectivity index (χ2v) is 7.38. The lowest BCUT2D eigenvalue weighted by Gasteiger charge is -2.12. The fraction of sp³-hybridized carbons (Fsp3) is 0.667. The Morgan fingerprint density at radius 1 is 1.44 bits per heavy atom. The summed E-state index contributed by atoms with van der Waals surface area (Å²) in [6, 6.07) is 0. The van der Waals surface area contributed by atoms with Crippen molar-refractivity contribution in [1.82, 2.24) is 25.2 Å². The van der Waals surface area contributed by atoms with Crippen LogP contribution in [0.1, 0.15) is 55.4 Å². The lowest BCUT2D eigenvalue weighted by Crippen LogP contribution is -2.29. The zero-order valence-electron chi connectivity index (χ0n) is 14.6. The molecule has 3 heterocycles. The number of anilines is 1. The number of carbonyl (C=O) groups excluding carboxylic acids is 1. The van der Waals surface area contributed by atoms with Gasteiger partial charge in [0.1, 0.15) is 11.1 Å². The van der Waals surface area contributed by atoms with Crippen molar-refractivity contribution in [2.75, 3.05) is 25.5 Å². The summed E-state index contributed by atoms with van der Waals surface area (Å²) in [6.07, 6.45) is 2.00. The molecular weight excluding hydrogens is 344 g/mol. The van der Waals surface area contributed by atoms with Gasteiger partial charge in [-0.15, -0.1) is 10.2 Å². The highest BCUT2D eigenvalue weighted by Gasteiger charge is 2.22. The first-order valence-electron chi connectivity index (χ1n) is 8.27. The van der Waals surface area contributed by atoms with Crippen molar-refractivity contribution in [3.8, 4) is 0 Å². The molecule has 136 valence electrons. The zero-order chi connectivity index (χ0) is 17.8. The van der Waals surface area contributed by atoms with Crippen molar-refractivity contribution in [3.63, 3.8) is 0 Å². The smallest absolute Gasteiger partial charge is 0.240 e. The first kappa shape index (κ1) is 17.9. The highest BCUT2D eigenvalue weighted by molar-refractivity contribution is 7.15. The Bertz CT molecular complexity index is 710. The van der Waals surface area contributed by atoms with Gasteiger partial charge in [-0.3, -0.25) is 15.0 Å². The van der Waals surface area contributed by atoms with E-state index in [1.54, 1.807) is 4.90 Å². The molecule has 2 aromatic heterocycles. The molecule has 9 nitrogen and oxygen atoms in total. The van der Waals surface area contributed by atoms with Gasteiger partial charge in [0.15, 0.2) is 5.82 Å². The molecule has 1 atom stereocenters. The van der Waals surface area contributed by atoms with E-state index in [4.69, 9.17) is 9.26 Å². The molecule has 1 aliphatic heterocycles. The van der Waals surface area contributed by atoms with Crippen molar-refractivity contribution < 1.29 is 14.1 Å². The lowest BCUT2D eigenvalue weighted by atomic mass is 10.2. The van der Waals surface area contributed by atoms with Crippen LogP contribution in [0.2, 0.25) is 0 Å². The van der Waals surface area contributed by atoms with E-state index in [-0.39, 0.29) is 24.5 Å². The largest absolute Gasteiger partial charge is 0.371 e. The van der Waals surface area contributed by atoms with Crippen molar-refractivity contribution >= 4 is 22.4 Å². The highest BCUT2D eigenvalue weighted by Crippen LogP contribution is 2.31. The quantitative estimate of drug-likeness (QED) is 0.793. The maximum absolute atomic E-state index is 12.1. The number of carbonyl (C=O) groups is 1. The zero-order valence-corrected chi connectivity index (χ0v) is 15.4. The molecule has 3 rings (SSSR count). The van der Waals surface area contributed by atoms with Crippen LogP contribution in [-0.2, 0) is 16.1 Å². The lowest BCUT2D eigenvalue weighted by molar-refractivity contribution is -0.117. The van der Waals surface area contributed by atoms with E-state index < -0.39 is 0 Å². The van der Waals surface area contributed by atoms with Gasteiger partial charge in [-0.25, -0.2) is 0 Å². The molecule has 0 spiro atoms. The van der Waals surface area contributed by atoms with E-state index in [1.807, 2.05) is 20.9 Å². The van der Waals surface area contributed by atoms with Crippen LogP contribution in [0.3, 0.4) is 0 Å². The molecule has 1 aliphatic rings. The van der Waals surface area contributed by atoms with Gasteiger partial charge in [-0.1, -0.05) is 30.3 Å². The minimum Gasteiger partial charge on any atom is -0.371 e. The van der Waals surface area contributed by atoms with Gasteiger partial charge < -0.3 is 9.26 Å². The van der Waals surface area contributed by atoms with Crippen molar-refractivity contribution in [1.29, 1.82) is 0 Å². The molecule has 1 amide bonds. The molecule has 1 fully saturated rings. The van der Waals surface area contributed by atoms with E-state index in [1.165, 1.54) is 11.3 Å². The molecule has 25 heavy (non-hydrogen) atoms. The van der Waals surface area contributed by atoms with Crippen LogP contribution < -0.4 is 5.32 Å². The van der Waals surface area contributed by atoms with Crippen LogP contribution in [-0.4, -0.2) is 51.3 Å². The summed E-state index contributed by atoms with van der Waals surface area (Å²) in [5.41, 5.74) is 0. The molecule has 0 radical (unpaired) electrons. The summed E-state index contributed by atoms with van der Waals surface area (Å²) in [5, 5.41) is 16.1. The van der Waals surface area contributed by atoms with E-state index in [0.717, 1.165) is 24.5 Å². The number of amides is 1. The maximum Gasteiger partial charge on any atom is 0.240 e. The van der Waals surface area contributed by atoms with Crippen molar-refractivity contribution in [3.05, 3.63) is 16.7 Å². The van der Waals surface area contributed by atoms with Gasteiger partial charge in [-0.05, 0) is 19.9 Å². The average Bonchev–Trinajstić information content (AvgIpc) is 3.27. The number of ether oxygens (including phenoxy) is 1. The number of aromatic nitrogens is 4. The summed E-state index contributed by atoms with van der Waals surface area (Å²) >= 11 is 1.36. The molecule has 0 saturated carbocycles. The van der Waals surface area contributed by atoms with Crippen LogP contribution in [0.4, 0.5) is 5.13 Å². The second-order valence-electron chi connectivity index (χ2n) is 6.37. The predicted octanol–water partition coefficient (Wildman–Crippen LogP) is 1.97. The Labute approximate surface area is 149 Å². The first-order chi connectivity index (χ1) is 12.0. The monoisotopic (exact) mass is 366 g/mol. The molecule has 10 heteroatoms. The highest BCUT2D eigenvalue weighted by atomic mass is 32.1. The van der Waals surface area contributed by atoms with Gasteiger partial charge >= 0.3 is 0 Å². The number of hydrogen-bond acceptors (Lipinski definition) is 9. The minimum absolute atomic E-state index is 0.0125. The van der Waals surface area contributed by atoms with E-state index in [0.29, 0.717) is 23.4 Å². The number of likely N-dealkylation sites (N-methyl/N-ethyl adjacent to an activating group) is 1. The number of nitrogens with one attached hydrogen (secondary N) is 1. The first-order valence-corrected chi connectivity index (χ1v) is 9.09. The molecule has 0 aromatic carbocycles. The minimum atomic E-state index is -0.166. The maximum atomic E-state index is 12.1. The SMILES string of the molecule is CC(C)c1noc(CN(C)CC(=O)Nc2nnc([C@@H]3CCCO3)s2)n1. The normalized spacial score (nSPS) is 17.6. The van der Waals surface area contributed by atoms with Crippen LogP contribution in [0, 0.1) is 0 Å². The Balaban J connectivity index is 1.48. The molecule has 2 aromatic rings. The molecule has 1 N–H and O–H groups in total. The molecule has 0 unspecified atom stereocenters. The fourth-order valence-electron chi connectivity index (χ4n) is 2.45. The topological polar surface area (TPSA) is 106 Å². The van der Waals surface area contributed by atoms with Gasteiger partial charge in [0.25, 0.3) is 0 Å². The van der Waals surface area contributed by atoms with E-state index in [9.17, 15) is 4.79 Å². The predicted molar refractivity (Wildman–Crippen MR) is 91.2 cm³/mol. The van der Waals surface area contributed by atoms with Crippen LogP contribution >= 0.6 is 11.3 Å². The summed E-state index contributed by atoms with van der Waals surface area (Å²) < 4.78 is 10.8. The third-order valence-corrected chi connectivity index (χ3v) is 4.64. The van der Waals surface area contributed by atoms with Gasteiger partial charge in [0.05, 0.1) is 13.1 Å². The molecular formula is C15H22N6O3S. The Hall–Kier alpha value is -1.91. The third-order valence-electron chi connectivity index (χ3n) is 3.71. The Morgan fingerprint density at radius 2 is 2.28 bits per heavy atom. The van der Waals surface area contributed by atoms with Gasteiger partial charge in [0.2, 0.25) is 16.9 Å². The van der Waals surface area contributed by atoms with Crippen molar-refractivity contribution in [2.24, 2.45) is 0 Å². The van der Waals surface area contributed by atoms with Crippen LogP contribution in [0.5, 0.6) is 0 Å². The summed E-state index contributed by atoms with van der Waals surface area (Å²) in [6.45, 7) is 5.35. The van der Waals surface area contributed by atoms with Crippen LogP contribution in [0.25, 0.3) is 0 Å². The summed E-state index contributed by atoms with van der Waals surface area (Å²) in [5.74, 6) is 1.21. The third kappa shape index (κ3) is 4.80. The number of nitrogens with zero attached hydrogens (tertiary/aromatic N) is 5. The van der Waals surface area contributed by atoms with Crippen molar-refractivity contribution in [2.45, 2.75) is 45.3 Å². The van der Waals surface area contributed by atoms with Gasteiger partial charge in [0, 0.05) is 12.5 Å². The summed E-state index contributed by atoms with van der Waals surface area (Å²) in [7, 11) is 1.82.